The van der Waals surface area contributed by atoms with E-state index in [9.17, 15) is 32.4 Å². The fourth-order valence-corrected chi connectivity index (χ4v) is 7.73. The van der Waals surface area contributed by atoms with Crippen molar-refractivity contribution in [3.63, 3.8) is 0 Å². The molecule has 4 rings (SSSR count). The standard InChI is InChI=1S/C36H50BrN3O11S/c1-8-48-31(43)36-21-23(36)14-12-10-9-11-13-15-27(38-32(44)49-34(2,3)4)29(41)39-22-25(51-52(46,47)26-18-16-24(37)17-19-26)20-28(39)30(42)40(36)33(45)50-35(5,6)7/h12,14,16-19,23,25,27-28H,8-11,13,15,20-22H2,1-7H3,(H,38,44)/b14-12-/t23?,25-,27-,28-,36+/m0/s1. The van der Waals surface area contributed by atoms with Crippen LogP contribution in [0.15, 0.2) is 45.8 Å². The number of alkyl carbamates (subject to hydrolysis) is 1. The van der Waals surface area contributed by atoms with Gasteiger partial charge in [-0.2, -0.15) is 8.42 Å². The van der Waals surface area contributed by atoms with Crippen molar-refractivity contribution in [1.29, 1.82) is 0 Å². The number of carbonyl (C=O) groups is 5. The molecule has 288 valence electrons. The first-order valence-corrected chi connectivity index (χ1v) is 19.8. The zero-order chi connectivity index (χ0) is 38.6. The second kappa shape index (κ2) is 16.3. The van der Waals surface area contributed by atoms with Crippen LogP contribution in [-0.2, 0) is 42.9 Å². The van der Waals surface area contributed by atoms with Crippen molar-refractivity contribution >= 4 is 56.0 Å². The predicted octanol–water partition coefficient (Wildman–Crippen LogP) is 5.62. The fraction of sp³-hybridized carbons (Fsp3) is 0.639. The monoisotopic (exact) mass is 811 g/mol. The van der Waals surface area contributed by atoms with Crippen LogP contribution in [0.4, 0.5) is 9.59 Å². The molecule has 1 aromatic carbocycles. The summed E-state index contributed by atoms with van der Waals surface area (Å²) >= 11 is 3.28. The Balaban J connectivity index is 1.82. The number of carbonyl (C=O) groups excluding carboxylic acids is 5. The van der Waals surface area contributed by atoms with Gasteiger partial charge in [0.25, 0.3) is 16.0 Å². The van der Waals surface area contributed by atoms with Gasteiger partial charge in [-0.3, -0.25) is 13.8 Å². The summed E-state index contributed by atoms with van der Waals surface area (Å²) in [6.45, 7) is 11.1. The van der Waals surface area contributed by atoms with Crippen LogP contribution < -0.4 is 5.32 Å². The van der Waals surface area contributed by atoms with Crippen LogP contribution >= 0.6 is 15.9 Å². The van der Waals surface area contributed by atoms with E-state index in [0.29, 0.717) is 23.7 Å². The Morgan fingerprint density at radius 2 is 1.62 bits per heavy atom. The summed E-state index contributed by atoms with van der Waals surface area (Å²) < 4.78 is 49.6. The van der Waals surface area contributed by atoms with E-state index in [1.165, 1.54) is 24.3 Å². The van der Waals surface area contributed by atoms with Crippen molar-refractivity contribution in [2.24, 2.45) is 5.92 Å². The van der Waals surface area contributed by atoms with E-state index in [0.717, 1.165) is 16.2 Å². The summed E-state index contributed by atoms with van der Waals surface area (Å²) in [5, 5.41) is 2.64. The Bertz CT molecular complexity index is 1650. The van der Waals surface area contributed by atoms with Crippen LogP contribution in [0.5, 0.6) is 0 Å². The first-order chi connectivity index (χ1) is 24.2. The maximum atomic E-state index is 14.9. The van der Waals surface area contributed by atoms with Crippen LogP contribution in [0.3, 0.4) is 0 Å². The second-order valence-corrected chi connectivity index (χ2v) is 17.7. The quantitative estimate of drug-likeness (QED) is 0.163. The van der Waals surface area contributed by atoms with Crippen LogP contribution in [0, 0.1) is 5.92 Å². The van der Waals surface area contributed by atoms with Gasteiger partial charge in [-0.25, -0.2) is 19.3 Å². The summed E-state index contributed by atoms with van der Waals surface area (Å²) in [7, 11) is -4.39. The number of nitrogens with one attached hydrogen (secondary N) is 1. The molecule has 5 atom stereocenters. The highest BCUT2D eigenvalue weighted by atomic mass is 79.9. The summed E-state index contributed by atoms with van der Waals surface area (Å²) in [6, 6.07) is 3.09. The normalized spacial score (nSPS) is 26.6. The highest BCUT2D eigenvalue weighted by Gasteiger charge is 2.69. The third-order valence-corrected chi connectivity index (χ3v) is 10.6. The van der Waals surface area contributed by atoms with Crippen molar-refractivity contribution in [2.45, 2.75) is 133 Å². The average molecular weight is 813 g/mol. The molecule has 1 saturated carbocycles. The van der Waals surface area contributed by atoms with Gasteiger partial charge >= 0.3 is 18.2 Å². The third-order valence-electron chi connectivity index (χ3n) is 8.73. The fourth-order valence-electron chi connectivity index (χ4n) is 6.38. The van der Waals surface area contributed by atoms with E-state index in [2.05, 4.69) is 21.2 Å². The first kappa shape index (κ1) is 41.3. The van der Waals surface area contributed by atoms with Gasteiger partial charge in [0.05, 0.1) is 17.6 Å². The molecule has 14 nitrogen and oxygen atoms in total. The molecule has 2 fully saturated rings. The first-order valence-electron chi connectivity index (χ1n) is 17.6. The van der Waals surface area contributed by atoms with Crippen LogP contribution in [-0.4, -0.2) is 96.3 Å². The summed E-state index contributed by atoms with van der Waals surface area (Å²) in [4.78, 5) is 71.9. The molecule has 0 aromatic heterocycles. The van der Waals surface area contributed by atoms with Gasteiger partial charge in [0.2, 0.25) is 5.91 Å². The molecule has 16 heteroatoms. The minimum atomic E-state index is -4.39. The van der Waals surface area contributed by atoms with Crippen molar-refractivity contribution in [1.82, 2.24) is 15.1 Å². The molecule has 52 heavy (non-hydrogen) atoms. The van der Waals surface area contributed by atoms with Crippen LogP contribution in [0.1, 0.15) is 93.4 Å². The van der Waals surface area contributed by atoms with E-state index in [1.807, 2.05) is 6.08 Å². The molecular weight excluding hydrogens is 762 g/mol. The average Bonchev–Trinajstić information content (AvgIpc) is 3.58. The molecule has 0 spiro atoms. The van der Waals surface area contributed by atoms with E-state index in [4.69, 9.17) is 18.4 Å². The van der Waals surface area contributed by atoms with E-state index < -0.39 is 80.9 Å². The molecule has 0 bridgehead atoms. The molecule has 1 N–H and O–H groups in total. The Kier molecular flexibility index (Phi) is 12.9. The Morgan fingerprint density at radius 3 is 2.23 bits per heavy atom. The molecule has 2 aliphatic heterocycles. The molecule has 4 amide bonds. The highest BCUT2D eigenvalue weighted by Crippen LogP contribution is 2.52. The number of fused-ring (bicyclic) bond motifs is 2. The van der Waals surface area contributed by atoms with Gasteiger partial charge in [0.1, 0.15) is 23.3 Å². The van der Waals surface area contributed by atoms with Crippen molar-refractivity contribution in [3.05, 3.63) is 40.9 Å². The Labute approximate surface area is 314 Å². The van der Waals surface area contributed by atoms with Crippen molar-refractivity contribution in [3.8, 4) is 0 Å². The molecule has 0 radical (unpaired) electrons. The number of benzene rings is 1. The number of amides is 4. The molecule has 1 unspecified atom stereocenters. The molecule has 2 heterocycles. The smallest absolute Gasteiger partial charge is 0.418 e. The van der Waals surface area contributed by atoms with E-state index >= 15 is 0 Å². The van der Waals surface area contributed by atoms with Gasteiger partial charge < -0.3 is 24.4 Å². The topological polar surface area (TPSA) is 175 Å². The number of ether oxygens (including phenoxy) is 3. The largest absolute Gasteiger partial charge is 0.464 e. The zero-order valence-corrected chi connectivity index (χ0v) is 33.2. The molecule has 3 aliphatic rings. The highest BCUT2D eigenvalue weighted by molar-refractivity contribution is 9.10. The van der Waals surface area contributed by atoms with Crippen molar-refractivity contribution in [2.75, 3.05) is 13.2 Å². The number of hydrogen-bond acceptors (Lipinski definition) is 11. The number of rotatable bonds is 6. The SMILES string of the molecule is CCOC(=O)[C@@]12CC1/C=C\CCCCC[C@H](NC(=O)OC(C)(C)C)C(=O)N1C[C@@H](OS(=O)(=O)c3ccc(Br)cc3)C[C@H]1C(=O)N2C(=O)OC(C)(C)C. The van der Waals surface area contributed by atoms with Gasteiger partial charge in [-0.15, -0.1) is 0 Å². The maximum Gasteiger partial charge on any atom is 0.418 e. The lowest BCUT2D eigenvalue weighted by molar-refractivity contribution is -0.159. The number of imide groups is 1. The Hall–Kier alpha value is -3.50. The summed E-state index contributed by atoms with van der Waals surface area (Å²) in [6.07, 6.45) is 2.98. The van der Waals surface area contributed by atoms with Gasteiger partial charge in [-0.05, 0) is 98.4 Å². The Morgan fingerprint density at radius 1 is 0.962 bits per heavy atom. The minimum Gasteiger partial charge on any atom is -0.464 e. The summed E-state index contributed by atoms with van der Waals surface area (Å²) in [5.74, 6) is -3.07. The number of esters is 1. The van der Waals surface area contributed by atoms with Gasteiger partial charge in [0, 0.05) is 23.4 Å². The lowest BCUT2D eigenvalue weighted by Crippen LogP contribution is -2.60. The van der Waals surface area contributed by atoms with Gasteiger partial charge in [-0.1, -0.05) is 40.9 Å². The van der Waals surface area contributed by atoms with Crippen molar-refractivity contribution < 1.29 is 50.8 Å². The minimum absolute atomic E-state index is 0.0246. The van der Waals surface area contributed by atoms with E-state index in [-0.39, 0.29) is 37.3 Å². The van der Waals surface area contributed by atoms with E-state index in [1.54, 1.807) is 54.5 Å². The lowest BCUT2D eigenvalue weighted by atomic mass is 10.0. The third kappa shape index (κ3) is 10.1. The second-order valence-electron chi connectivity index (χ2n) is 15.2. The van der Waals surface area contributed by atoms with Crippen LogP contribution in [0.25, 0.3) is 0 Å². The molecular formula is C36H50BrN3O11S. The molecule has 1 aromatic rings. The van der Waals surface area contributed by atoms with Crippen LogP contribution in [0.2, 0.25) is 0 Å². The number of hydrogen-bond donors (Lipinski definition) is 1. The maximum absolute atomic E-state index is 14.9. The predicted molar refractivity (Wildman–Crippen MR) is 192 cm³/mol. The number of nitrogens with zero attached hydrogens (tertiary/aromatic N) is 2. The molecule has 1 saturated heterocycles. The number of halogens is 1. The lowest BCUT2D eigenvalue weighted by Gasteiger charge is -2.36. The summed E-state index contributed by atoms with van der Waals surface area (Å²) in [5.41, 5.74) is -3.72. The zero-order valence-electron chi connectivity index (χ0n) is 30.8. The van der Waals surface area contributed by atoms with Gasteiger partial charge in [0.15, 0.2) is 5.54 Å². The molecule has 1 aliphatic carbocycles. The number of allylic oxidation sites excluding steroid dienone is 1.